The molecule has 0 amide bonds. The Hall–Kier alpha value is -1.60. The maximum absolute atomic E-state index is 6.41. The molecule has 1 nitrogen and oxygen atoms in total. The van der Waals surface area contributed by atoms with Crippen molar-refractivity contribution in [2.45, 2.75) is 51.0 Å². The van der Waals surface area contributed by atoms with Crippen LogP contribution in [0.3, 0.4) is 0 Å². The van der Waals surface area contributed by atoms with E-state index in [-0.39, 0.29) is 6.04 Å². The maximum Gasteiger partial charge on any atom is 0.0298 e. The molecule has 0 saturated heterocycles. The smallest absolute Gasteiger partial charge is 0.0298 e. The van der Waals surface area contributed by atoms with Gasteiger partial charge in [0.15, 0.2) is 0 Å². The maximum atomic E-state index is 6.41. The lowest BCUT2D eigenvalue weighted by Gasteiger charge is -2.26. The Morgan fingerprint density at radius 3 is 2.62 bits per heavy atom. The molecule has 1 aliphatic rings. The Balaban J connectivity index is 1.63. The Labute approximate surface area is 128 Å². The van der Waals surface area contributed by atoms with E-state index in [1.165, 1.54) is 41.5 Å². The number of rotatable bonds is 5. The highest BCUT2D eigenvalue weighted by molar-refractivity contribution is 5.30. The average Bonchev–Trinajstić information content (AvgIpc) is 2.43. The van der Waals surface area contributed by atoms with Crippen LogP contribution in [0.5, 0.6) is 0 Å². The number of benzene rings is 2. The van der Waals surface area contributed by atoms with Crippen LogP contribution in [0.2, 0.25) is 0 Å². The number of aryl methyl sites for hydroxylation is 2. The molecule has 1 aliphatic carbocycles. The molecular formula is C20H25N. The normalized spacial score (nSPS) is 16.5. The van der Waals surface area contributed by atoms with Gasteiger partial charge in [0.1, 0.15) is 0 Å². The third-order valence-corrected chi connectivity index (χ3v) is 4.74. The van der Waals surface area contributed by atoms with E-state index in [1.54, 1.807) is 0 Å². The van der Waals surface area contributed by atoms with Crippen molar-refractivity contribution in [2.24, 2.45) is 5.73 Å². The van der Waals surface area contributed by atoms with Gasteiger partial charge < -0.3 is 5.73 Å². The summed E-state index contributed by atoms with van der Waals surface area (Å²) in [6.07, 6.45) is 6.15. The van der Waals surface area contributed by atoms with E-state index in [0.29, 0.717) is 0 Å². The predicted molar refractivity (Wildman–Crippen MR) is 89.5 cm³/mol. The second kappa shape index (κ2) is 6.44. The average molecular weight is 279 g/mol. The van der Waals surface area contributed by atoms with Crippen molar-refractivity contribution in [3.63, 3.8) is 0 Å². The molecule has 0 aliphatic heterocycles. The first kappa shape index (κ1) is 14.3. The minimum atomic E-state index is 0.144. The first-order valence-electron chi connectivity index (χ1n) is 8.13. The molecule has 2 N–H and O–H groups in total. The van der Waals surface area contributed by atoms with Crippen molar-refractivity contribution in [1.82, 2.24) is 0 Å². The Kier molecular flexibility index (Phi) is 4.40. The molecule has 21 heavy (non-hydrogen) atoms. The molecular weight excluding hydrogens is 254 g/mol. The monoisotopic (exact) mass is 279 g/mol. The standard InChI is InChI=1S/C20H25N/c1-15-5-2-6-16(13-15)11-12-20(21)19-10-4-9-18(14-19)17-7-3-8-17/h2,4-6,9-10,13-14,17,20H,3,7-8,11-12,21H2,1H3. The van der Waals surface area contributed by atoms with Crippen molar-refractivity contribution in [3.05, 3.63) is 70.8 Å². The van der Waals surface area contributed by atoms with Crippen LogP contribution >= 0.6 is 0 Å². The minimum absolute atomic E-state index is 0.144. The second-order valence-electron chi connectivity index (χ2n) is 6.43. The third-order valence-electron chi connectivity index (χ3n) is 4.74. The molecule has 1 heteroatoms. The topological polar surface area (TPSA) is 26.0 Å². The predicted octanol–water partition coefficient (Wildman–Crippen LogP) is 4.90. The van der Waals surface area contributed by atoms with E-state index in [0.717, 1.165) is 18.8 Å². The summed E-state index contributed by atoms with van der Waals surface area (Å²) >= 11 is 0. The van der Waals surface area contributed by atoms with Crippen molar-refractivity contribution in [1.29, 1.82) is 0 Å². The summed E-state index contributed by atoms with van der Waals surface area (Å²) in [7, 11) is 0. The minimum Gasteiger partial charge on any atom is -0.324 e. The zero-order chi connectivity index (χ0) is 14.7. The first-order chi connectivity index (χ1) is 10.2. The summed E-state index contributed by atoms with van der Waals surface area (Å²) in [5.41, 5.74) is 11.9. The molecule has 2 aromatic rings. The van der Waals surface area contributed by atoms with E-state index in [2.05, 4.69) is 55.5 Å². The van der Waals surface area contributed by atoms with Gasteiger partial charge in [-0.15, -0.1) is 0 Å². The Bertz CT molecular complexity index is 598. The van der Waals surface area contributed by atoms with E-state index < -0.39 is 0 Å². The van der Waals surface area contributed by atoms with Crippen molar-refractivity contribution in [3.8, 4) is 0 Å². The molecule has 1 saturated carbocycles. The van der Waals surface area contributed by atoms with Gasteiger partial charge in [0, 0.05) is 6.04 Å². The van der Waals surface area contributed by atoms with Gasteiger partial charge in [0.25, 0.3) is 0 Å². The van der Waals surface area contributed by atoms with Crippen LogP contribution in [0.15, 0.2) is 48.5 Å². The number of hydrogen-bond donors (Lipinski definition) is 1. The van der Waals surface area contributed by atoms with Crippen LogP contribution in [-0.4, -0.2) is 0 Å². The Morgan fingerprint density at radius 1 is 1.10 bits per heavy atom. The molecule has 1 atom stereocenters. The number of hydrogen-bond acceptors (Lipinski definition) is 1. The zero-order valence-electron chi connectivity index (χ0n) is 12.9. The molecule has 0 bridgehead atoms. The molecule has 0 spiro atoms. The van der Waals surface area contributed by atoms with Gasteiger partial charge in [-0.05, 0) is 55.2 Å². The lowest BCUT2D eigenvalue weighted by atomic mass is 9.79. The highest BCUT2D eigenvalue weighted by atomic mass is 14.6. The molecule has 3 rings (SSSR count). The third kappa shape index (κ3) is 3.54. The second-order valence-corrected chi connectivity index (χ2v) is 6.43. The van der Waals surface area contributed by atoms with Crippen LogP contribution < -0.4 is 5.73 Å². The Morgan fingerprint density at radius 2 is 1.90 bits per heavy atom. The highest BCUT2D eigenvalue weighted by Crippen LogP contribution is 2.37. The fourth-order valence-corrected chi connectivity index (χ4v) is 3.14. The summed E-state index contributed by atoms with van der Waals surface area (Å²) < 4.78 is 0. The van der Waals surface area contributed by atoms with Crippen LogP contribution in [0.25, 0.3) is 0 Å². The highest BCUT2D eigenvalue weighted by Gasteiger charge is 2.20. The van der Waals surface area contributed by atoms with E-state index >= 15 is 0 Å². The van der Waals surface area contributed by atoms with Gasteiger partial charge >= 0.3 is 0 Å². The largest absolute Gasteiger partial charge is 0.324 e. The van der Waals surface area contributed by atoms with Gasteiger partial charge in [-0.2, -0.15) is 0 Å². The fraction of sp³-hybridized carbons (Fsp3) is 0.400. The van der Waals surface area contributed by atoms with Crippen LogP contribution in [-0.2, 0) is 6.42 Å². The van der Waals surface area contributed by atoms with Crippen molar-refractivity contribution < 1.29 is 0 Å². The molecule has 0 heterocycles. The van der Waals surface area contributed by atoms with Gasteiger partial charge in [-0.25, -0.2) is 0 Å². The molecule has 1 unspecified atom stereocenters. The SMILES string of the molecule is Cc1cccc(CCC(N)c2cccc(C3CCC3)c2)c1. The summed E-state index contributed by atoms with van der Waals surface area (Å²) in [6, 6.07) is 17.8. The van der Waals surface area contributed by atoms with Crippen molar-refractivity contribution >= 4 is 0 Å². The summed E-state index contributed by atoms with van der Waals surface area (Å²) in [4.78, 5) is 0. The quantitative estimate of drug-likeness (QED) is 0.828. The molecule has 1 fully saturated rings. The molecule has 0 aromatic heterocycles. The lowest BCUT2D eigenvalue weighted by Crippen LogP contribution is -2.13. The van der Waals surface area contributed by atoms with Gasteiger partial charge in [-0.3, -0.25) is 0 Å². The van der Waals surface area contributed by atoms with Gasteiger partial charge in [0.2, 0.25) is 0 Å². The van der Waals surface area contributed by atoms with E-state index in [1.807, 2.05) is 0 Å². The first-order valence-corrected chi connectivity index (χ1v) is 8.13. The lowest BCUT2D eigenvalue weighted by molar-refractivity contribution is 0.419. The summed E-state index contributed by atoms with van der Waals surface area (Å²) in [5.74, 6) is 0.786. The molecule has 110 valence electrons. The van der Waals surface area contributed by atoms with Gasteiger partial charge in [-0.1, -0.05) is 60.5 Å². The van der Waals surface area contributed by atoms with E-state index in [9.17, 15) is 0 Å². The summed E-state index contributed by atoms with van der Waals surface area (Å²) in [6.45, 7) is 2.14. The van der Waals surface area contributed by atoms with Crippen LogP contribution in [0.4, 0.5) is 0 Å². The van der Waals surface area contributed by atoms with Crippen LogP contribution in [0.1, 0.15) is 59.9 Å². The van der Waals surface area contributed by atoms with E-state index in [4.69, 9.17) is 5.73 Å². The van der Waals surface area contributed by atoms with Gasteiger partial charge in [0.05, 0.1) is 0 Å². The fourth-order valence-electron chi connectivity index (χ4n) is 3.14. The number of nitrogens with two attached hydrogens (primary N) is 1. The molecule has 0 radical (unpaired) electrons. The molecule has 2 aromatic carbocycles. The summed E-state index contributed by atoms with van der Waals surface area (Å²) in [5, 5.41) is 0. The zero-order valence-corrected chi connectivity index (χ0v) is 12.9. The van der Waals surface area contributed by atoms with Crippen molar-refractivity contribution in [2.75, 3.05) is 0 Å². The van der Waals surface area contributed by atoms with Crippen LogP contribution in [0, 0.1) is 6.92 Å².